The molecule has 1 atom stereocenters. The molecule has 0 fully saturated rings. The quantitative estimate of drug-likeness (QED) is 0.303. The highest BCUT2D eigenvalue weighted by Crippen LogP contribution is 2.14. The first kappa shape index (κ1) is 32.0. The number of nitrogens with zero attached hydrogens (tertiary/aromatic N) is 2. The van der Waals surface area contributed by atoms with Gasteiger partial charge in [-0.1, -0.05) is 6.42 Å². The molecule has 0 rings (SSSR count). The van der Waals surface area contributed by atoms with Gasteiger partial charge in [-0.15, -0.1) is 0 Å². The number of amides is 3. The number of unbranched alkanes of at least 4 members (excludes halogenated alkanes) is 2. The minimum Gasteiger partial charge on any atom is -0.460 e. The zero-order valence-electron chi connectivity index (χ0n) is 22.5. The second-order valence-electron chi connectivity index (χ2n) is 10.3. The molecule has 0 aliphatic rings. The molecular weight excluding hydrogens is 458 g/mol. The van der Waals surface area contributed by atoms with E-state index in [-0.39, 0.29) is 25.4 Å². The number of esters is 1. The molecule has 0 spiro atoms. The molecule has 0 heterocycles. The molecule has 0 aromatic rings. The molecule has 0 unspecified atom stereocenters. The van der Waals surface area contributed by atoms with Crippen LogP contribution in [0.15, 0.2) is 0 Å². The monoisotopic (exact) mass is 503 g/mol. The van der Waals surface area contributed by atoms with E-state index in [9.17, 15) is 19.2 Å². The third-order valence-electron chi connectivity index (χ3n) is 4.63. The van der Waals surface area contributed by atoms with Crippen LogP contribution in [0.5, 0.6) is 0 Å². The molecule has 198 valence electrons. The second kappa shape index (κ2) is 15.1. The lowest BCUT2D eigenvalue weighted by Crippen LogP contribution is -2.50. The van der Waals surface area contributed by atoms with E-state index in [1.54, 1.807) is 60.4 Å². The van der Waals surface area contributed by atoms with Crippen LogP contribution in [0.4, 0.5) is 4.79 Å². The highest BCUT2D eigenvalue weighted by atomic mass is 32.2. The SMILES string of the molecule is CSCCCCCC(=O)N(C)[C@@H](CC(=O)OC(C)(C)C)C(=O)NCCN(C)C(=O)OC(C)(C)C. The Hall–Kier alpha value is -1.97. The Balaban J connectivity index is 5.05. The van der Waals surface area contributed by atoms with Crippen molar-refractivity contribution in [1.29, 1.82) is 0 Å². The summed E-state index contributed by atoms with van der Waals surface area (Å²) in [5.41, 5.74) is -1.32. The average Bonchev–Trinajstić information content (AvgIpc) is 2.68. The van der Waals surface area contributed by atoms with Crippen LogP contribution in [-0.2, 0) is 23.9 Å². The summed E-state index contributed by atoms with van der Waals surface area (Å²) in [4.78, 5) is 52.8. The first-order valence-corrected chi connectivity index (χ1v) is 13.1. The van der Waals surface area contributed by atoms with Gasteiger partial charge in [-0.3, -0.25) is 14.4 Å². The van der Waals surface area contributed by atoms with E-state index in [1.165, 1.54) is 16.8 Å². The summed E-state index contributed by atoms with van der Waals surface area (Å²) in [6.45, 7) is 10.9. The molecule has 0 bridgehead atoms. The van der Waals surface area contributed by atoms with Crippen molar-refractivity contribution in [3.8, 4) is 0 Å². The van der Waals surface area contributed by atoms with Crippen molar-refractivity contribution < 1.29 is 28.7 Å². The fourth-order valence-corrected chi connectivity index (χ4v) is 3.38. The molecule has 0 aliphatic carbocycles. The molecule has 0 saturated heterocycles. The predicted octanol–water partition coefficient (Wildman–Crippen LogP) is 3.45. The molecular formula is C24H45N3O6S. The van der Waals surface area contributed by atoms with E-state index in [2.05, 4.69) is 5.32 Å². The van der Waals surface area contributed by atoms with Gasteiger partial charge in [0.25, 0.3) is 0 Å². The predicted molar refractivity (Wildman–Crippen MR) is 136 cm³/mol. The Morgan fingerprint density at radius 2 is 1.50 bits per heavy atom. The number of hydrogen-bond acceptors (Lipinski definition) is 7. The number of thioether (sulfide) groups is 1. The van der Waals surface area contributed by atoms with E-state index >= 15 is 0 Å². The number of likely N-dealkylation sites (N-methyl/N-ethyl adjacent to an activating group) is 2. The molecule has 9 nitrogen and oxygen atoms in total. The molecule has 0 aromatic carbocycles. The van der Waals surface area contributed by atoms with Crippen molar-refractivity contribution >= 4 is 35.6 Å². The summed E-state index contributed by atoms with van der Waals surface area (Å²) < 4.78 is 10.7. The smallest absolute Gasteiger partial charge is 0.410 e. The normalized spacial score (nSPS) is 12.5. The highest BCUT2D eigenvalue weighted by Gasteiger charge is 2.31. The minimum atomic E-state index is -1.000. The van der Waals surface area contributed by atoms with Gasteiger partial charge in [-0.05, 0) is 66.4 Å². The Morgan fingerprint density at radius 3 is 2.03 bits per heavy atom. The van der Waals surface area contributed by atoms with Crippen molar-refractivity contribution in [2.45, 2.75) is 90.9 Å². The van der Waals surface area contributed by atoms with Gasteiger partial charge in [0.1, 0.15) is 17.2 Å². The number of carbonyl (C=O) groups is 4. The lowest BCUT2D eigenvalue weighted by Gasteiger charge is -2.29. The second-order valence-corrected chi connectivity index (χ2v) is 11.3. The van der Waals surface area contributed by atoms with Crippen LogP contribution in [0.25, 0.3) is 0 Å². The lowest BCUT2D eigenvalue weighted by atomic mass is 10.1. The zero-order chi connectivity index (χ0) is 26.5. The van der Waals surface area contributed by atoms with Crippen LogP contribution in [-0.4, -0.2) is 90.1 Å². The number of carbonyl (C=O) groups excluding carboxylic acids is 4. The van der Waals surface area contributed by atoms with Crippen molar-refractivity contribution in [2.75, 3.05) is 39.2 Å². The van der Waals surface area contributed by atoms with Gasteiger partial charge in [0.05, 0.1) is 6.42 Å². The van der Waals surface area contributed by atoms with Gasteiger partial charge in [0, 0.05) is 33.6 Å². The topological polar surface area (TPSA) is 105 Å². The molecule has 1 N–H and O–H groups in total. The van der Waals surface area contributed by atoms with Gasteiger partial charge >= 0.3 is 12.1 Å². The van der Waals surface area contributed by atoms with E-state index in [1.807, 2.05) is 6.26 Å². The van der Waals surface area contributed by atoms with Crippen molar-refractivity contribution in [3.05, 3.63) is 0 Å². The summed E-state index contributed by atoms with van der Waals surface area (Å²) >= 11 is 1.77. The summed E-state index contributed by atoms with van der Waals surface area (Å²) in [6, 6.07) is -1.000. The summed E-state index contributed by atoms with van der Waals surface area (Å²) in [7, 11) is 3.11. The van der Waals surface area contributed by atoms with E-state index in [0.29, 0.717) is 6.42 Å². The number of ether oxygens (including phenoxy) is 2. The van der Waals surface area contributed by atoms with Gasteiger partial charge in [0.2, 0.25) is 11.8 Å². The van der Waals surface area contributed by atoms with E-state index in [0.717, 1.165) is 25.0 Å². The molecule has 0 aromatic heterocycles. The Bertz CT molecular complexity index is 673. The molecule has 0 saturated carbocycles. The molecule has 0 radical (unpaired) electrons. The van der Waals surface area contributed by atoms with Crippen LogP contribution >= 0.6 is 11.8 Å². The van der Waals surface area contributed by atoms with Crippen LogP contribution < -0.4 is 5.32 Å². The Labute approximate surface area is 209 Å². The fourth-order valence-electron chi connectivity index (χ4n) is 2.89. The number of hydrogen-bond donors (Lipinski definition) is 1. The molecule has 10 heteroatoms. The Kier molecular flexibility index (Phi) is 14.2. The molecule has 3 amide bonds. The van der Waals surface area contributed by atoms with Gasteiger partial charge in [-0.25, -0.2) is 4.79 Å². The summed E-state index contributed by atoms with van der Waals surface area (Å²) in [6.07, 6.45) is 4.30. The lowest BCUT2D eigenvalue weighted by molar-refractivity contribution is -0.158. The van der Waals surface area contributed by atoms with E-state index < -0.39 is 35.2 Å². The van der Waals surface area contributed by atoms with Crippen molar-refractivity contribution in [2.24, 2.45) is 0 Å². The van der Waals surface area contributed by atoms with Crippen LogP contribution in [0.2, 0.25) is 0 Å². The van der Waals surface area contributed by atoms with Crippen LogP contribution in [0.1, 0.15) is 73.6 Å². The minimum absolute atomic E-state index is 0.149. The third-order valence-corrected chi connectivity index (χ3v) is 5.33. The van der Waals surface area contributed by atoms with E-state index in [4.69, 9.17) is 9.47 Å². The number of rotatable bonds is 13. The summed E-state index contributed by atoms with van der Waals surface area (Å²) in [5.74, 6) is -0.176. The Morgan fingerprint density at radius 1 is 0.912 bits per heavy atom. The first-order valence-electron chi connectivity index (χ1n) is 11.8. The molecule has 34 heavy (non-hydrogen) atoms. The largest absolute Gasteiger partial charge is 0.460 e. The zero-order valence-corrected chi connectivity index (χ0v) is 23.3. The highest BCUT2D eigenvalue weighted by molar-refractivity contribution is 7.98. The van der Waals surface area contributed by atoms with Crippen LogP contribution in [0, 0.1) is 0 Å². The van der Waals surface area contributed by atoms with Gasteiger partial charge in [-0.2, -0.15) is 11.8 Å². The van der Waals surface area contributed by atoms with Crippen molar-refractivity contribution in [3.63, 3.8) is 0 Å². The van der Waals surface area contributed by atoms with Gasteiger partial charge in [0.15, 0.2) is 0 Å². The maximum absolute atomic E-state index is 12.9. The fraction of sp³-hybridized carbons (Fsp3) is 0.833. The van der Waals surface area contributed by atoms with Gasteiger partial charge < -0.3 is 24.6 Å². The van der Waals surface area contributed by atoms with Crippen molar-refractivity contribution in [1.82, 2.24) is 15.1 Å². The maximum Gasteiger partial charge on any atom is 0.410 e. The summed E-state index contributed by atoms with van der Waals surface area (Å²) in [5, 5.41) is 2.73. The van der Waals surface area contributed by atoms with Crippen LogP contribution in [0.3, 0.4) is 0 Å². The maximum atomic E-state index is 12.9. The average molecular weight is 504 g/mol. The standard InChI is InChI=1S/C24H45N3O6S/c1-23(2,3)32-20(29)17-18(27(8)19(28)13-11-10-12-16-34-9)21(30)25-14-15-26(7)22(31)33-24(4,5)6/h18H,10-17H2,1-9H3,(H,25,30)/t18-/m0/s1. The molecule has 0 aliphatic heterocycles. The first-order chi connectivity index (χ1) is 15.6. The third kappa shape index (κ3) is 15.0. The number of nitrogens with one attached hydrogen (secondary N) is 1.